The van der Waals surface area contributed by atoms with E-state index in [1.165, 1.54) is 11.3 Å². The highest BCUT2D eigenvalue weighted by atomic mass is 35.5. The quantitative estimate of drug-likeness (QED) is 0.583. The van der Waals surface area contributed by atoms with E-state index in [1.807, 2.05) is 33.2 Å². The number of anilines is 1. The zero-order valence-corrected chi connectivity index (χ0v) is 18.4. The Balaban J connectivity index is 0.00000280. The average Bonchev–Trinajstić information content (AvgIpc) is 3.25. The van der Waals surface area contributed by atoms with Crippen LogP contribution in [0, 0.1) is 6.92 Å². The van der Waals surface area contributed by atoms with Crippen molar-refractivity contribution in [2.45, 2.75) is 13.3 Å². The third-order valence-corrected chi connectivity index (χ3v) is 5.52. The van der Waals surface area contributed by atoms with E-state index in [4.69, 9.17) is 9.72 Å². The highest BCUT2D eigenvalue weighted by Gasteiger charge is 2.24. The first-order valence-corrected chi connectivity index (χ1v) is 9.62. The van der Waals surface area contributed by atoms with E-state index in [0.29, 0.717) is 17.4 Å². The number of rotatable bonds is 7. The van der Waals surface area contributed by atoms with Gasteiger partial charge in [-0.2, -0.15) is 5.10 Å². The number of amides is 1. The second-order valence-electron chi connectivity index (χ2n) is 6.75. The number of carbonyl (C=O) groups is 1. The van der Waals surface area contributed by atoms with Crippen LogP contribution in [0.5, 0.6) is 5.75 Å². The Hall–Kier alpha value is -2.16. The normalized spacial score (nSPS) is 10.9. The van der Waals surface area contributed by atoms with Crippen molar-refractivity contribution in [2.75, 3.05) is 39.2 Å². The molecule has 3 aromatic rings. The Kier molecular flexibility index (Phi) is 7.40. The van der Waals surface area contributed by atoms with Gasteiger partial charge in [-0.05, 0) is 51.7 Å². The number of ether oxygens (including phenoxy) is 1. The van der Waals surface area contributed by atoms with Crippen molar-refractivity contribution >= 4 is 45.0 Å². The average molecular weight is 424 g/mol. The lowest BCUT2D eigenvalue weighted by atomic mass is 10.2. The first kappa shape index (κ1) is 22.1. The Bertz CT molecular complexity index is 953. The Morgan fingerprint density at radius 2 is 2.00 bits per heavy atom. The minimum Gasteiger partial charge on any atom is -0.494 e. The number of hydrogen-bond donors (Lipinski definition) is 0. The van der Waals surface area contributed by atoms with Crippen LogP contribution in [0.2, 0.25) is 0 Å². The molecule has 7 nitrogen and oxygen atoms in total. The topological polar surface area (TPSA) is 63.5 Å². The summed E-state index contributed by atoms with van der Waals surface area (Å²) in [6, 6.07) is 5.67. The van der Waals surface area contributed by atoms with Gasteiger partial charge < -0.3 is 9.64 Å². The van der Waals surface area contributed by atoms with Crippen molar-refractivity contribution in [1.29, 1.82) is 0 Å². The smallest absolute Gasteiger partial charge is 0.280 e. The largest absolute Gasteiger partial charge is 0.494 e. The molecule has 0 saturated heterocycles. The number of methoxy groups -OCH3 is 1. The molecule has 0 aliphatic heterocycles. The minimum absolute atomic E-state index is 0. The number of fused-ring (bicyclic) bond motifs is 1. The van der Waals surface area contributed by atoms with Crippen LogP contribution in [-0.2, 0) is 7.05 Å². The SMILES string of the molecule is COc1ccc(C)c2sc(N(CCCN(C)C)C(=O)c3ccn(C)n3)nc12.Cl. The molecule has 0 fully saturated rings. The second-order valence-corrected chi connectivity index (χ2v) is 7.72. The first-order chi connectivity index (χ1) is 12.9. The molecule has 2 heterocycles. The molecule has 0 bridgehead atoms. The molecule has 0 radical (unpaired) electrons. The summed E-state index contributed by atoms with van der Waals surface area (Å²) in [6.07, 6.45) is 2.62. The summed E-state index contributed by atoms with van der Waals surface area (Å²) >= 11 is 1.52. The van der Waals surface area contributed by atoms with Crippen molar-refractivity contribution in [3.05, 3.63) is 35.7 Å². The van der Waals surface area contributed by atoms with Crippen molar-refractivity contribution < 1.29 is 9.53 Å². The molecular weight excluding hydrogens is 398 g/mol. The molecular formula is C19H26ClN5O2S. The number of thiazole rings is 1. The van der Waals surface area contributed by atoms with Gasteiger partial charge in [0.25, 0.3) is 5.91 Å². The maximum Gasteiger partial charge on any atom is 0.280 e. The molecule has 0 unspecified atom stereocenters. The van der Waals surface area contributed by atoms with Crippen molar-refractivity contribution in [3.8, 4) is 5.75 Å². The molecule has 0 aliphatic rings. The molecule has 1 amide bonds. The lowest BCUT2D eigenvalue weighted by Crippen LogP contribution is -2.33. The van der Waals surface area contributed by atoms with Crippen LogP contribution in [0.3, 0.4) is 0 Å². The van der Waals surface area contributed by atoms with Gasteiger partial charge in [0, 0.05) is 19.8 Å². The number of hydrogen-bond acceptors (Lipinski definition) is 6. The van der Waals surface area contributed by atoms with Gasteiger partial charge in [0.15, 0.2) is 10.8 Å². The number of benzene rings is 1. The summed E-state index contributed by atoms with van der Waals surface area (Å²) in [5, 5.41) is 4.95. The Morgan fingerprint density at radius 3 is 2.61 bits per heavy atom. The summed E-state index contributed by atoms with van der Waals surface area (Å²) in [6.45, 7) is 3.51. The van der Waals surface area contributed by atoms with Crippen molar-refractivity contribution in [3.63, 3.8) is 0 Å². The molecule has 28 heavy (non-hydrogen) atoms. The van der Waals surface area contributed by atoms with E-state index in [2.05, 4.69) is 10.00 Å². The maximum atomic E-state index is 13.1. The molecule has 0 aliphatic carbocycles. The first-order valence-electron chi connectivity index (χ1n) is 8.81. The van der Waals surface area contributed by atoms with E-state index >= 15 is 0 Å². The van der Waals surface area contributed by atoms with E-state index in [9.17, 15) is 4.79 Å². The van der Waals surface area contributed by atoms with Crippen molar-refractivity contribution in [2.24, 2.45) is 7.05 Å². The minimum atomic E-state index is -0.134. The van der Waals surface area contributed by atoms with Gasteiger partial charge in [0.2, 0.25) is 0 Å². The molecule has 0 spiro atoms. The fourth-order valence-electron chi connectivity index (χ4n) is 2.88. The van der Waals surface area contributed by atoms with Crippen LogP contribution >= 0.6 is 23.7 Å². The fraction of sp³-hybridized carbons (Fsp3) is 0.421. The number of aromatic nitrogens is 3. The van der Waals surface area contributed by atoms with Gasteiger partial charge in [-0.25, -0.2) is 4.98 Å². The number of halogens is 1. The summed E-state index contributed by atoms with van der Waals surface area (Å²) in [5.41, 5.74) is 2.34. The highest BCUT2D eigenvalue weighted by molar-refractivity contribution is 7.22. The van der Waals surface area contributed by atoms with Crippen LogP contribution < -0.4 is 9.64 Å². The summed E-state index contributed by atoms with van der Waals surface area (Å²) in [5.74, 6) is 0.585. The van der Waals surface area contributed by atoms with E-state index in [1.54, 1.807) is 36.0 Å². The van der Waals surface area contributed by atoms with Gasteiger partial charge in [0.05, 0.1) is 11.8 Å². The van der Waals surface area contributed by atoms with Gasteiger partial charge in [0.1, 0.15) is 11.3 Å². The molecule has 2 aromatic heterocycles. The third kappa shape index (κ3) is 4.63. The van der Waals surface area contributed by atoms with E-state index in [0.717, 1.165) is 34.5 Å². The van der Waals surface area contributed by atoms with Gasteiger partial charge in [-0.15, -0.1) is 12.4 Å². The standard InChI is InChI=1S/C19H25N5O2S.ClH/c1-13-7-8-15(26-5)16-17(13)27-19(20-16)24(11-6-10-22(2)3)18(25)14-9-12-23(4)21-14;/h7-9,12H,6,10-11H2,1-5H3;1H. The zero-order chi connectivity index (χ0) is 19.6. The van der Waals surface area contributed by atoms with Gasteiger partial charge >= 0.3 is 0 Å². The molecule has 0 atom stereocenters. The molecule has 0 saturated carbocycles. The summed E-state index contributed by atoms with van der Waals surface area (Å²) in [7, 11) is 7.49. The van der Waals surface area contributed by atoms with Crippen LogP contribution in [0.15, 0.2) is 24.4 Å². The fourth-order valence-corrected chi connectivity index (χ4v) is 3.95. The molecule has 3 rings (SSSR count). The highest BCUT2D eigenvalue weighted by Crippen LogP contribution is 2.36. The molecule has 9 heteroatoms. The van der Waals surface area contributed by atoms with E-state index < -0.39 is 0 Å². The van der Waals surface area contributed by atoms with Gasteiger partial charge in [-0.1, -0.05) is 17.4 Å². The Morgan fingerprint density at radius 1 is 1.25 bits per heavy atom. The summed E-state index contributed by atoms with van der Waals surface area (Å²) < 4.78 is 8.13. The number of carbonyl (C=O) groups excluding carboxylic acids is 1. The lowest BCUT2D eigenvalue weighted by molar-refractivity contribution is 0.0980. The molecule has 152 valence electrons. The number of nitrogens with zero attached hydrogens (tertiary/aromatic N) is 5. The Labute approximate surface area is 175 Å². The second kappa shape index (κ2) is 9.36. The maximum absolute atomic E-state index is 13.1. The predicted molar refractivity (Wildman–Crippen MR) is 116 cm³/mol. The van der Waals surface area contributed by atoms with Crippen LogP contribution in [-0.4, -0.2) is 59.9 Å². The van der Waals surface area contributed by atoms with Crippen molar-refractivity contribution in [1.82, 2.24) is 19.7 Å². The van der Waals surface area contributed by atoms with Gasteiger partial charge in [-0.3, -0.25) is 14.4 Å². The molecule has 0 N–H and O–H groups in total. The molecule has 1 aromatic carbocycles. The number of aryl methyl sites for hydroxylation is 2. The lowest BCUT2D eigenvalue weighted by Gasteiger charge is -2.20. The van der Waals surface area contributed by atoms with E-state index in [-0.39, 0.29) is 18.3 Å². The predicted octanol–water partition coefficient (Wildman–Crippen LogP) is 3.37. The third-order valence-electron chi connectivity index (χ3n) is 4.31. The van der Waals surface area contributed by atoms with Crippen LogP contribution in [0.1, 0.15) is 22.5 Å². The monoisotopic (exact) mass is 423 g/mol. The van der Waals surface area contributed by atoms with Crippen LogP contribution in [0.4, 0.5) is 5.13 Å². The summed E-state index contributed by atoms with van der Waals surface area (Å²) in [4.78, 5) is 21.7. The van der Waals surface area contributed by atoms with Crippen LogP contribution in [0.25, 0.3) is 10.2 Å². The zero-order valence-electron chi connectivity index (χ0n) is 16.8.